The molecular weight excluding hydrogens is 144 g/mol. The van der Waals surface area contributed by atoms with Crippen LogP contribution < -0.4 is 10.4 Å². The summed E-state index contributed by atoms with van der Waals surface area (Å²) in [6, 6.07) is 8.55. The molecule has 0 aliphatic heterocycles. The van der Waals surface area contributed by atoms with Crippen molar-refractivity contribution in [2.24, 2.45) is 0 Å². The minimum absolute atomic E-state index is 1.14. The van der Waals surface area contributed by atoms with Gasteiger partial charge in [-0.05, 0) is 23.8 Å². The van der Waals surface area contributed by atoms with E-state index in [9.17, 15) is 0 Å². The summed E-state index contributed by atoms with van der Waals surface area (Å²) in [6.45, 7) is 6.20. The lowest BCUT2D eigenvalue weighted by Crippen LogP contribution is -2.20. The Bertz CT molecular complexity index is 358. The van der Waals surface area contributed by atoms with Crippen molar-refractivity contribution in [1.82, 2.24) is 0 Å². The molecule has 0 saturated heterocycles. The molecule has 0 amide bonds. The Morgan fingerprint density at radius 2 is 1.75 bits per heavy atom. The van der Waals surface area contributed by atoms with E-state index >= 15 is 0 Å². The first-order valence-electron chi connectivity index (χ1n) is 4.63. The van der Waals surface area contributed by atoms with Crippen molar-refractivity contribution in [2.45, 2.75) is 27.2 Å². The van der Waals surface area contributed by atoms with Crippen LogP contribution in [0.15, 0.2) is 24.3 Å². The predicted octanol–water partition coefficient (Wildman–Crippen LogP) is 2.07. The number of fused-ring (bicyclic) bond motifs is 1. The van der Waals surface area contributed by atoms with E-state index in [0.29, 0.717) is 0 Å². The first kappa shape index (κ1) is 9.05. The Morgan fingerprint density at radius 3 is 2.42 bits per heavy atom. The van der Waals surface area contributed by atoms with E-state index in [4.69, 9.17) is 0 Å². The molecule has 0 N–H and O–H groups in total. The maximum absolute atomic E-state index is 2.28. The van der Waals surface area contributed by atoms with Gasteiger partial charge >= 0.3 is 0 Å². The summed E-state index contributed by atoms with van der Waals surface area (Å²) < 4.78 is 0. The Balaban J connectivity index is 0.000000336. The number of hydrogen-bond acceptors (Lipinski definition) is 0. The molecular formula is C12H16. The van der Waals surface area contributed by atoms with Gasteiger partial charge < -0.3 is 0 Å². The van der Waals surface area contributed by atoms with Gasteiger partial charge in [0.1, 0.15) is 0 Å². The fraction of sp³-hybridized carbons (Fsp3) is 0.333. The van der Waals surface area contributed by atoms with Gasteiger partial charge in [-0.1, -0.05) is 49.8 Å². The summed E-state index contributed by atoms with van der Waals surface area (Å²) >= 11 is 0. The molecule has 0 fully saturated rings. The third-order valence-electron chi connectivity index (χ3n) is 2.05. The standard InChI is InChI=1S/C10H10.C2H6/c1-8-6-7-9-4-2-3-5-10(8)9;1-2/h2-5,7H,6H2,1H3;1-2H3. The molecule has 1 aromatic rings. The average Bonchev–Trinajstić information content (AvgIpc) is 2.53. The van der Waals surface area contributed by atoms with E-state index in [-0.39, 0.29) is 0 Å². The lowest BCUT2D eigenvalue weighted by molar-refractivity contribution is 1.45. The lowest BCUT2D eigenvalue weighted by atomic mass is 10.2. The third-order valence-corrected chi connectivity index (χ3v) is 2.05. The van der Waals surface area contributed by atoms with Crippen LogP contribution in [0.4, 0.5) is 0 Å². The first-order chi connectivity index (χ1) is 5.88. The van der Waals surface area contributed by atoms with Gasteiger partial charge in [-0.25, -0.2) is 0 Å². The number of rotatable bonds is 0. The molecule has 1 aliphatic carbocycles. The van der Waals surface area contributed by atoms with E-state index in [2.05, 4.69) is 37.3 Å². The molecule has 1 aromatic carbocycles. The molecule has 0 unspecified atom stereocenters. The second-order valence-corrected chi connectivity index (χ2v) is 2.78. The second kappa shape index (κ2) is 4.10. The monoisotopic (exact) mass is 160 g/mol. The smallest absolute Gasteiger partial charge is 0.0123 e. The highest BCUT2D eigenvalue weighted by atomic mass is 14.0. The van der Waals surface area contributed by atoms with Crippen molar-refractivity contribution in [1.29, 1.82) is 0 Å². The average molecular weight is 160 g/mol. The van der Waals surface area contributed by atoms with E-state index in [1.807, 2.05) is 13.8 Å². The molecule has 0 atom stereocenters. The van der Waals surface area contributed by atoms with Crippen molar-refractivity contribution >= 4 is 11.6 Å². The van der Waals surface area contributed by atoms with Crippen molar-refractivity contribution in [3.8, 4) is 0 Å². The zero-order valence-electron chi connectivity index (χ0n) is 8.09. The summed E-state index contributed by atoms with van der Waals surface area (Å²) in [6.07, 6.45) is 3.42. The summed E-state index contributed by atoms with van der Waals surface area (Å²) in [4.78, 5) is 0. The van der Waals surface area contributed by atoms with Crippen LogP contribution in [0, 0.1) is 0 Å². The van der Waals surface area contributed by atoms with Crippen LogP contribution in [0.3, 0.4) is 0 Å². The van der Waals surface area contributed by atoms with Crippen LogP contribution in [0.25, 0.3) is 11.6 Å². The summed E-state index contributed by atoms with van der Waals surface area (Å²) in [5, 5.41) is 2.84. The molecule has 0 bridgehead atoms. The van der Waals surface area contributed by atoms with Crippen LogP contribution in [0.5, 0.6) is 0 Å². The van der Waals surface area contributed by atoms with Crippen molar-refractivity contribution in [3.63, 3.8) is 0 Å². The fourth-order valence-corrected chi connectivity index (χ4v) is 1.44. The van der Waals surface area contributed by atoms with E-state index in [1.54, 1.807) is 0 Å². The van der Waals surface area contributed by atoms with Gasteiger partial charge in [0.25, 0.3) is 0 Å². The van der Waals surface area contributed by atoms with E-state index in [0.717, 1.165) is 6.42 Å². The van der Waals surface area contributed by atoms with Crippen LogP contribution in [0.2, 0.25) is 0 Å². The van der Waals surface area contributed by atoms with Crippen LogP contribution in [0.1, 0.15) is 27.2 Å². The summed E-state index contributed by atoms with van der Waals surface area (Å²) in [5.74, 6) is 0. The molecule has 0 radical (unpaired) electrons. The molecule has 2 rings (SSSR count). The van der Waals surface area contributed by atoms with Crippen molar-refractivity contribution < 1.29 is 0 Å². The maximum atomic E-state index is 2.28. The van der Waals surface area contributed by atoms with Gasteiger partial charge in [0.05, 0.1) is 0 Å². The molecule has 0 nitrogen and oxygen atoms in total. The minimum atomic E-state index is 1.14. The SMILES string of the molecule is CC.CC1=c2ccccc2=CC1. The van der Waals surface area contributed by atoms with Gasteiger partial charge in [-0.3, -0.25) is 0 Å². The minimum Gasteiger partial charge on any atom is -0.0726 e. The van der Waals surface area contributed by atoms with Crippen molar-refractivity contribution in [2.75, 3.05) is 0 Å². The van der Waals surface area contributed by atoms with Gasteiger partial charge in [-0.15, -0.1) is 0 Å². The van der Waals surface area contributed by atoms with Crippen LogP contribution >= 0.6 is 0 Å². The highest BCUT2D eigenvalue weighted by Gasteiger charge is 1.96. The molecule has 0 aromatic heterocycles. The molecule has 0 spiro atoms. The van der Waals surface area contributed by atoms with E-state index < -0.39 is 0 Å². The third kappa shape index (κ3) is 1.58. The van der Waals surface area contributed by atoms with Gasteiger partial charge in [0.15, 0.2) is 0 Å². The molecule has 12 heavy (non-hydrogen) atoms. The lowest BCUT2D eigenvalue weighted by Gasteiger charge is -1.86. The summed E-state index contributed by atoms with van der Waals surface area (Å²) in [5.41, 5.74) is 1.50. The van der Waals surface area contributed by atoms with Gasteiger partial charge in [0.2, 0.25) is 0 Å². The highest BCUT2D eigenvalue weighted by Crippen LogP contribution is 2.01. The Labute approximate surface area is 74.2 Å². The first-order valence-corrected chi connectivity index (χ1v) is 4.63. The van der Waals surface area contributed by atoms with Gasteiger partial charge in [0, 0.05) is 0 Å². The van der Waals surface area contributed by atoms with Crippen LogP contribution in [-0.4, -0.2) is 0 Å². The summed E-state index contributed by atoms with van der Waals surface area (Å²) in [7, 11) is 0. The molecule has 0 saturated carbocycles. The zero-order valence-corrected chi connectivity index (χ0v) is 8.09. The van der Waals surface area contributed by atoms with Gasteiger partial charge in [-0.2, -0.15) is 0 Å². The quantitative estimate of drug-likeness (QED) is 0.545. The molecule has 1 aliphatic rings. The Kier molecular flexibility index (Phi) is 3.09. The molecule has 0 heteroatoms. The normalized spacial score (nSPS) is 12.8. The largest absolute Gasteiger partial charge is 0.0726 e. The number of benzene rings is 1. The van der Waals surface area contributed by atoms with E-state index in [1.165, 1.54) is 16.0 Å². The zero-order chi connectivity index (χ0) is 8.97. The topological polar surface area (TPSA) is 0 Å². The Hall–Kier alpha value is -1.04. The number of hydrogen-bond donors (Lipinski definition) is 0. The predicted molar refractivity (Wildman–Crippen MR) is 55.2 cm³/mol. The second-order valence-electron chi connectivity index (χ2n) is 2.78. The fourth-order valence-electron chi connectivity index (χ4n) is 1.44. The van der Waals surface area contributed by atoms with Crippen molar-refractivity contribution in [3.05, 3.63) is 34.7 Å². The Morgan fingerprint density at radius 1 is 1.08 bits per heavy atom. The maximum Gasteiger partial charge on any atom is -0.0123 e. The molecule has 64 valence electrons. The molecule has 0 heterocycles. The highest BCUT2D eigenvalue weighted by molar-refractivity contribution is 5.56. The van der Waals surface area contributed by atoms with Crippen LogP contribution in [-0.2, 0) is 0 Å².